The Labute approximate surface area is 131 Å². The van der Waals surface area contributed by atoms with Crippen molar-refractivity contribution in [3.05, 3.63) is 21.3 Å². The van der Waals surface area contributed by atoms with Crippen LogP contribution in [0.1, 0.15) is 25.6 Å². The van der Waals surface area contributed by atoms with Gasteiger partial charge in [-0.25, -0.2) is 4.98 Å². The van der Waals surface area contributed by atoms with Gasteiger partial charge in [0.1, 0.15) is 11.4 Å². The van der Waals surface area contributed by atoms with Crippen molar-refractivity contribution in [1.82, 2.24) is 9.55 Å². The normalized spacial score (nSPS) is 11.3. The van der Waals surface area contributed by atoms with Crippen LogP contribution in [-0.2, 0) is 22.5 Å². The molecule has 0 bridgehead atoms. The predicted octanol–water partition coefficient (Wildman–Crippen LogP) is 2.69. The van der Waals surface area contributed by atoms with Crippen molar-refractivity contribution in [2.45, 2.75) is 45.0 Å². The van der Waals surface area contributed by atoms with Crippen LogP contribution < -0.4 is 5.56 Å². The van der Waals surface area contributed by atoms with E-state index in [1.807, 2.05) is 19.2 Å². The van der Waals surface area contributed by atoms with E-state index in [-0.39, 0.29) is 18.2 Å². The molecule has 0 aliphatic rings. The lowest BCUT2D eigenvalue weighted by molar-refractivity contribution is -0.148. The molecular weight excluding hydrogens is 308 g/mol. The summed E-state index contributed by atoms with van der Waals surface area (Å²) in [5.41, 5.74) is -0.180. The lowest BCUT2D eigenvalue weighted by Crippen LogP contribution is -2.28. The molecule has 2 rings (SSSR count). The SMILES string of the molecule is CCc1cc2c(=O)n(CC(=O)OC(C)C)c(SC)nc2s1. The largest absolute Gasteiger partial charge is 0.462 e. The summed E-state index contributed by atoms with van der Waals surface area (Å²) in [7, 11) is 0. The van der Waals surface area contributed by atoms with Crippen LogP contribution in [0, 0.1) is 0 Å². The molecule has 0 aliphatic carbocycles. The minimum Gasteiger partial charge on any atom is -0.462 e. The molecule has 2 heterocycles. The standard InChI is InChI=1S/C14H18N2O3S2/c1-5-9-6-10-12(21-9)15-14(20-4)16(13(10)18)7-11(17)19-8(2)3/h6,8H,5,7H2,1-4H3. The highest BCUT2D eigenvalue weighted by Gasteiger charge is 2.16. The number of aromatic nitrogens is 2. The Morgan fingerprint density at radius 3 is 2.81 bits per heavy atom. The Morgan fingerprint density at radius 2 is 2.24 bits per heavy atom. The zero-order valence-corrected chi connectivity index (χ0v) is 14.1. The zero-order valence-electron chi connectivity index (χ0n) is 12.5. The summed E-state index contributed by atoms with van der Waals surface area (Å²) in [5, 5.41) is 1.12. The smallest absolute Gasteiger partial charge is 0.326 e. The lowest BCUT2D eigenvalue weighted by atomic mass is 10.3. The minimum absolute atomic E-state index is 0.104. The van der Waals surface area contributed by atoms with Crippen LogP contribution in [0.2, 0.25) is 0 Å². The summed E-state index contributed by atoms with van der Waals surface area (Å²) in [5.74, 6) is -0.422. The number of carbonyl (C=O) groups is 1. The fraction of sp³-hybridized carbons (Fsp3) is 0.500. The highest BCUT2D eigenvalue weighted by atomic mass is 32.2. The molecule has 0 radical (unpaired) electrons. The summed E-state index contributed by atoms with van der Waals surface area (Å²) in [6, 6.07) is 1.86. The summed E-state index contributed by atoms with van der Waals surface area (Å²) >= 11 is 2.88. The minimum atomic E-state index is -0.422. The van der Waals surface area contributed by atoms with Crippen LogP contribution in [0.5, 0.6) is 0 Å². The molecule has 0 atom stereocenters. The predicted molar refractivity (Wildman–Crippen MR) is 86.3 cm³/mol. The van der Waals surface area contributed by atoms with Crippen molar-refractivity contribution < 1.29 is 9.53 Å². The highest BCUT2D eigenvalue weighted by molar-refractivity contribution is 7.98. The zero-order chi connectivity index (χ0) is 15.6. The number of hydrogen-bond acceptors (Lipinski definition) is 6. The Bertz CT molecular complexity index is 719. The van der Waals surface area contributed by atoms with Crippen LogP contribution in [0.25, 0.3) is 10.2 Å². The second-order valence-electron chi connectivity index (χ2n) is 4.81. The molecule has 0 saturated heterocycles. The average molecular weight is 326 g/mol. The van der Waals surface area contributed by atoms with Gasteiger partial charge in [-0.2, -0.15) is 0 Å². The number of aryl methyl sites for hydroxylation is 1. The number of thiophene rings is 1. The van der Waals surface area contributed by atoms with Gasteiger partial charge in [-0.15, -0.1) is 11.3 Å². The molecule has 0 spiro atoms. The summed E-state index contributed by atoms with van der Waals surface area (Å²) in [6.07, 6.45) is 2.51. The van der Waals surface area contributed by atoms with E-state index in [9.17, 15) is 9.59 Å². The number of nitrogens with zero attached hydrogens (tertiary/aromatic N) is 2. The molecule has 0 fully saturated rings. The van der Waals surface area contributed by atoms with Crippen molar-refractivity contribution >= 4 is 39.3 Å². The molecule has 7 heteroatoms. The van der Waals surface area contributed by atoms with Crippen molar-refractivity contribution in [3.8, 4) is 0 Å². The molecule has 0 amide bonds. The number of fused-ring (bicyclic) bond motifs is 1. The third-order valence-corrected chi connectivity index (χ3v) is 4.70. The molecule has 21 heavy (non-hydrogen) atoms. The van der Waals surface area contributed by atoms with E-state index in [0.29, 0.717) is 10.5 Å². The fourth-order valence-corrected chi connectivity index (χ4v) is 3.51. The number of rotatable bonds is 5. The maximum atomic E-state index is 12.6. The van der Waals surface area contributed by atoms with Crippen LogP contribution in [-0.4, -0.2) is 27.9 Å². The van der Waals surface area contributed by atoms with Crippen LogP contribution in [0.15, 0.2) is 16.0 Å². The van der Waals surface area contributed by atoms with E-state index >= 15 is 0 Å². The first kappa shape index (κ1) is 16.0. The first-order valence-electron chi connectivity index (χ1n) is 6.73. The molecule has 0 N–H and O–H groups in total. The molecule has 114 valence electrons. The summed E-state index contributed by atoms with van der Waals surface area (Å²) in [6.45, 7) is 5.50. The first-order chi connectivity index (χ1) is 9.96. The third kappa shape index (κ3) is 3.47. The van der Waals surface area contributed by atoms with Gasteiger partial charge in [-0.05, 0) is 32.6 Å². The number of hydrogen-bond donors (Lipinski definition) is 0. The van der Waals surface area contributed by atoms with Gasteiger partial charge in [0.05, 0.1) is 11.5 Å². The molecule has 0 aromatic carbocycles. The molecular formula is C14H18N2O3S2. The first-order valence-corrected chi connectivity index (χ1v) is 8.77. The van der Waals surface area contributed by atoms with E-state index in [4.69, 9.17) is 4.74 Å². The van der Waals surface area contributed by atoms with Gasteiger partial charge in [-0.3, -0.25) is 14.2 Å². The van der Waals surface area contributed by atoms with Gasteiger partial charge in [0, 0.05) is 4.88 Å². The van der Waals surface area contributed by atoms with Crippen LogP contribution in [0.3, 0.4) is 0 Å². The average Bonchev–Trinajstić information content (AvgIpc) is 2.84. The Morgan fingerprint density at radius 1 is 1.52 bits per heavy atom. The summed E-state index contributed by atoms with van der Waals surface area (Å²) in [4.78, 5) is 30.7. The van der Waals surface area contributed by atoms with Gasteiger partial charge in [0.15, 0.2) is 5.16 Å². The maximum Gasteiger partial charge on any atom is 0.326 e. The summed E-state index contributed by atoms with van der Waals surface area (Å²) < 4.78 is 6.51. The van der Waals surface area contributed by atoms with Gasteiger partial charge >= 0.3 is 5.97 Å². The quantitative estimate of drug-likeness (QED) is 0.480. The number of ether oxygens (including phenoxy) is 1. The Hall–Kier alpha value is -1.34. The second kappa shape index (κ2) is 6.62. The van der Waals surface area contributed by atoms with Crippen molar-refractivity contribution in [1.29, 1.82) is 0 Å². The monoisotopic (exact) mass is 326 g/mol. The van der Waals surface area contributed by atoms with Gasteiger partial charge in [-0.1, -0.05) is 18.7 Å². The van der Waals surface area contributed by atoms with Crippen LogP contribution in [0.4, 0.5) is 0 Å². The molecule has 2 aromatic rings. The Balaban J connectivity index is 2.48. The maximum absolute atomic E-state index is 12.6. The van der Waals surface area contributed by atoms with Crippen LogP contribution >= 0.6 is 23.1 Å². The second-order valence-corrected chi connectivity index (χ2v) is 6.70. The molecule has 5 nitrogen and oxygen atoms in total. The fourth-order valence-electron chi connectivity index (χ4n) is 1.95. The van der Waals surface area contributed by atoms with Crippen molar-refractivity contribution in [2.75, 3.05) is 6.26 Å². The number of carbonyl (C=O) groups excluding carboxylic acids is 1. The number of esters is 1. The van der Waals surface area contributed by atoms with Crippen molar-refractivity contribution in [3.63, 3.8) is 0 Å². The van der Waals surface area contributed by atoms with Gasteiger partial charge in [0.2, 0.25) is 0 Å². The van der Waals surface area contributed by atoms with E-state index in [1.54, 1.807) is 13.8 Å². The third-order valence-electron chi connectivity index (χ3n) is 2.85. The molecule has 0 saturated carbocycles. The van der Waals surface area contributed by atoms with E-state index in [2.05, 4.69) is 4.98 Å². The van der Waals surface area contributed by atoms with E-state index < -0.39 is 5.97 Å². The van der Waals surface area contributed by atoms with Crippen molar-refractivity contribution in [2.24, 2.45) is 0 Å². The van der Waals surface area contributed by atoms with Gasteiger partial charge < -0.3 is 4.74 Å². The molecule has 0 aliphatic heterocycles. The molecule has 2 aromatic heterocycles. The van der Waals surface area contributed by atoms with E-state index in [0.717, 1.165) is 16.1 Å². The van der Waals surface area contributed by atoms with Gasteiger partial charge in [0.25, 0.3) is 5.56 Å². The van der Waals surface area contributed by atoms with E-state index in [1.165, 1.54) is 27.7 Å². The topological polar surface area (TPSA) is 61.2 Å². The lowest BCUT2D eigenvalue weighted by Gasteiger charge is -2.11. The number of thioether (sulfide) groups is 1. The molecule has 0 unspecified atom stereocenters. The Kier molecular flexibility index (Phi) is 5.05. The highest BCUT2D eigenvalue weighted by Crippen LogP contribution is 2.24.